The molecule has 6 nitrogen and oxygen atoms in total. The first-order chi connectivity index (χ1) is 13.5. The van der Waals surface area contributed by atoms with Gasteiger partial charge in [0.25, 0.3) is 5.91 Å². The number of halogens is 1. The lowest BCUT2D eigenvalue weighted by Crippen LogP contribution is -2.49. The third-order valence-corrected chi connectivity index (χ3v) is 5.84. The molecule has 1 aromatic carbocycles. The van der Waals surface area contributed by atoms with Crippen molar-refractivity contribution in [3.8, 4) is 0 Å². The molecule has 3 heterocycles. The molecule has 0 bridgehead atoms. The zero-order valence-electron chi connectivity index (χ0n) is 15.8. The van der Waals surface area contributed by atoms with Crippen LogP contribution in [-0.2, 0) is 4.79 Å². The van der Waals surface area contributed by atoms with Gasteiger partial charge in [-0.05, 0) is 49.6 Å². The standard InChI is InChI=1S/C21H24ClN3O3/c1-14(24-10-8-17(26)9-11-24)21(27)25-19(20-3-2-12-28-20)13-18(23-25)15-4-6-16(22)7-5-15/h2-7,12,14,17,19,26H,8-11,13H2,1H3. The number of aliphatic hydroxyl groups excluding tert-OH is 1. The van der Waals surface area contributed by atoms with Crippen molar-refractivity contribution in [1.82, 2.24) is 9.91 Å². The molecule has 1 fully saturated rings. The van der Waals surface area contributed by atoms with Gasteiger partial charge in [0.1, 0.15) is 11.8 Å². The van der Waals surface area contributed by atoms with Crippen LogP contribution in [0.5, 0.6) is 0 Å². The average Bonchev–Trinajstić information content (AvgIpc) is 3.38. The zero-order chi connectivity index (χ0) is 19.7. The Kier molecular flexibility index (Phi) is 5.53. The van der Waals surface area contributed by atoms with Gasteiger partial charge in [0.05, 0.1) is 24.1 Å². The Morgan fingerprint density at radius 3 is 2.61 bits per heavy atom. The summed E-state index contributed by atoms with van der Waals surface area (Å²) in [6, 6.07) is 10.6. The largest absolute Gasteiger partial charge is 0.467 e. The number of amides is 1. The van der Waals surface area contributed by atoms with Crippen molar-refractivity contribution >= 4 is 23.2 Å². The molecule has 2 aliphatic rings. The van der Waals surface area contributed by atoms with Crippen LogP contribution < -0.4 is 0 Å². The first kappa shape index (κ1) is 19.2. The quantitative estimate of drug-likeness (QED) is 0.851. The summed E-state index contributed by atoms with van der Waals surface area (Å²) in [6.07, 6.45) is 3.33. The summed E-state index contributed by atoms with van der Waals surface area (Å²) in [6.45, 7) is 3.33. The van der Waals surface area contributed by atoms with E-state index in [4.69, 9.17) is 16.0 Å². The van der Waals surface area contributed by atoms with Crippen molar-refractivity contribution < 1.29 is 14.3 Å². The van der Waals surface area contributed by atoms with Gasteiger partial charge in [0.2, 0.25) is 0 Å². The average molecular weight is 402 g/mol. The second kappa shape index (κ2) is 8.07. The lowest BCUT2D eigenvalue weighted by Gasteiger charge is -2.35. The smallest absolute Gasteiger partial charge is 0.260 e. The Morgan fingerprint density at radius 1 is 1.25 bits per heavy atom. The van der Waals surface area contributed by atoms with Gasteiger partial charge in [0, 0.05) is 24.5 Å². The maximum atomic E-state index is 13.3. The maximum Gasteiger partial charge on any atom is 0.260 e. The minimum Gasteiger partial charge on any atom is -0.467 e. The van der Waals surface area contributed by atoms with Crippen molar-refractivity contribution in [3.63, 3.8) is 0 Å². The van der Waals surface area contributed by atoms with Crippen LogP contribution in [0.4, 0.5) is 0 Å². The number of benzene rings is 1. The fraction of sp³-hybridized carbons (Fsp3) is 0.429. The molecule has 1 saturated heterocycles. The topological polar surface area (TPSA) is 69.3 Å². The van der Waals surface area contributed by atoms with E-state index in [1.54, 1.807) is 11.3 Å². The van der Waals surface area contributed by atoms with E-state index >= 15 is 0 Å². The van der Waals surface area contributed by atoms with E-state index in [0.717, 1.165) is 17.0 Å². The Bertz CT molecular complexity index is 842. The van der Waals surface area contributed by atoms with Crippen LogP contribution in [0.3, 0.4) is 0 Å². The molecule has 7 heteroatoms. The molecule has 0 aliphatic carbocycles. The molecule has 2 unspecified atom stereocenters. The molecular formula is C21H24ClN3O3. The number of furan rings is 1. The van der Waals surface area contributed by atoms with E-state index in [0.29, 0.717) is 37.4 Å². The van der Waals surface area contributed by atoms with Gasteiger partial charge in [-0.1, -0.05) is 23.7 Å². The Balaban J connectivity index is 1.58. The first-order valence-electron chi connectivity index (χ1n) is 9.65. The summed E-state index contributed by atoms with van der Waals surface area (Å²) in [5, 5.41) is 16.7. The van der Waals surface area contributed by atoms with Gasteiger partial charge in [-0.15, -0.1) is 0 Å². The fourth-order valence-corrected chi connectivity index (χ4v) is 3.98. The lowest BCUT2D eigenvalue weighted by molar-refractivity contribution is -0.139. The van der Waals surface area contributed by atoms with Crippen molar-refractivity contribution in [2.75, 3.05) is 13.1 Å². The number of hydrazone groups is 1. The predicted molar refractivity (Wildman–Crippen MR) is 107 cm³/mol. The molecule has 0 spiro atoms. The molecule has 1 amide bonds. The van der Waals surface area contributed by atoms with Crippen molar-refractivity contribution in [1.29, 1.82) is 0 Å². The SMILES string of the molecule is CC(C(=O)N1N=C(c2ccc(Cl)cc2)CC1c1ccco1)N1CCC(O)CC1. The number of aliphatic hydroxyl groups is 1. The van der Waals surface area contributed by atoms with E-state index in [2.05, 4.69) is 10.0 Å². The number of carbonyl (C=O) groups is 1. The van der Waals surface area contributed by atoms with Gasteiger partial charge >= 0.3 is 0 Å². The van der Waals surface area contributed by atoms with Gasteiger partial charge in [-0.3, -0.25) is 9.69 Å². The molecule has 2 atom stereocenters. The Labute approximate surface area is 169 Å². The molecule has 2 aromatic rings. The van der Waals surface area contributed by atoms with Gasteiger partial charge in [-0.2, -0.15) is 5.10 Å². The summed E-state index contributed by atoms with van der Waals surface area (Å²) in [5.41, 5.74) is 1.79. The number of hydrogen-bond acceptors (Lipinski definition) is 5. The van der Waals surface area contributed by atoms with E-state index in [1.807, 2.05) is 43.3 Å². The number of rotatable bonds is 4. The molecule has 0 saturated carbocycles. The van der Waals surface area contributed by atoms with E-state index in [-0.39, 0.29) is 24.1 Å². The summed E-state index contributed by atoms with van der Waals surface area (Å²) in [4.78, 5) is 15.4. The highest BCUT2D eigenvalue weighted by Gasteiger charge is 2.38. The van der Waals surface area contributed by atoms with Gasteiger partial charge < -0.3 is 9.52 Å². The zero-order valence-corrected chi connectivity index (χ0v) is 16.5. The van der Waals surface area contributed by atoms with Gasteiger partial charge in [-0.25, -0.2) is 5.01 Å². The molecule has 148 valence electrons. The van der Waals surface area contributed by atoms with E-state index in [1.165, 1.54) is 0 Å². The van der Waals surface area contributed by atoms with Crippen LogP contribution in [0.1, 0.15) is 43.6 Å². The Hall–Kier alpha value is -2.15. The predicted octanol–water partition coefficient (Wildman–Crippen LogP) is 3.46. The minimum atomic E-state index is -0.307. The fourth-order valence-electron chi connectivity index (χ4n) is 3.85. The summed E-state index contributed by atoms with van der Waals surface area (Å²) < 4.78 is 5.61. The highest BCUT2D eigenvalue weighted by Crippen LogP contribution is 2.34. The second-order valence-electron chi connectivity index (χ2n) is 7.41. The van der Waals surface area contributed by atoms with Crippen LogP contribution in [0.25, 0.3) is 0 Å². The van der Waals surface area contributed by atoms with Crippen LogP contribution in [-0.4, -0.2) is 51.9 Å². The maximum absolute atomic E-state index is 13.3. The highest BCUT2D eigenvalue weighted by molar-refractivity contribution is 6.30. The van der Waals surface area contributed by atoms with Crippen molar-refractivity contribution in [3.05, 3.63) is 59.0 Å². The van der Waals surface area contributed by atoms with Crippen LogP contribution in [0, 0.1) is 0 Å². The monoisotopic (exact) mass is 401 g/mol. The number of hydrogen-bond donors (Lipinski definition) is 1. The molecular weight excluding hydrogens is 378 g/mol. The molecule has 1 N–H and O–H groups in total. The molecule has 4 rings (SSSR count). The summed E-state index contributed by atoms with van der Waals surface area (Å²) >= 11 is 6.00. The van der Waals surface area contributed by atoms with Crippen molar-refractivity contribution in [2.24, 2.45) is 5.10 Å². The summed E-state index contributed by atoms with van der Waals surface area (Å²) in [5.74, 6) is 0.670. The Morgan fingerprint density at radius 2 is 1.96 bits per heavy atom. The number of carbonyl (C=O) groups excluding carboxylic acids is 1. The van der Waals surface area contributed by atoms with E-state index in [9.17, 15) is 9.90 Å². The van der Waals surface area contributed by atoms with Crippen LogP contribution in [0.2, 0.25) is 5.02 Å². The lowest BCUT2D eigenvalue weighted by atomic mass is 10.0. The van der Waals surface area contributed by atoms with Crippen LogP contribution in [0.15, 0.2) is 52.2 Å². The van der Waals surface area contributed by atoms with Crippen molar-refractivity contribution in [2.45, 2.75) is 44.4 Å². The van der Waals surface area contributed by atoms with E-state index < -0.39 is 0 Å². The first-order valence-corrected chi connectivity index (χ1v) is 10.0. The minimum absolute atomic E-state index is 0.0539. The summed E-state index contributed by atoms with van der Waals surface area (Å²) in [7, 11) is 0. The number of piperidine rings is 1. The number of nitrogens with zero attached hydrogens (tertiary/aromatic N) is 3. The van der Waals surface area contributed by atoms with Gasteiger partial charge in [0.15, 0.2) is 0 Å². The third-order valence-electron chi connectivity index (χ3n) is 5.59. The normalized spacial score (nSPS) is 22.3. The molecule has 1 aromatic heterocycles. The highest BCUT2D eigenvalue weighted by atomic mass is 35.5. The second-order valence-corrected chi connectivity index (χ2v) is 7.85. The molecule has 0 radical (unpaired) electrons. The number of likely N-dealkylation sites (tertiary alicyclic amines) is 1. The molecule has 28 heavy (non-hydrogen) atoms. The molecule has 2 aliphatic heterocycles. The van der Waals surface area contributed by atoms with Crippen LogP contribution >= 0.6 is 11.6 Å². The third kappa shape index (κ3) is 3.85.